The molecule has 0 unspecified atom stereocenters. The van der Waals surface area contributed by atoms with Gasteiger partial charge in [0.25, 0.3) is 0 Å². The van der Waals surface area contributed by atoms with E-state index in [2.05, 4.69) is 19.9 Å². The zero-order chi connectivity index (χ0) is 49.8. The molecule has 0 aliphatic rings. The minimum atomic E-state index is -3.65. The van der Waals surface area contributed by atoms with Crippen molar-refractivity contribution < 1.29 is 65.8 Å². The quantitative estimate of drug-likeness (QED) is 0.0694. The standard InChI is InChI=1S/2C22H28FN3O6S.Ca.Mg.4H/c2*1-13(2)20-18(10-9-16(27)11-17(28)12-19(29)30)21(14-5-7-15(23)8-6-14)25-22(24-20)26(3)33(4,31)32;;;;;;/h2*5-10,13,16-17,27-28H,11-12H2,1-4H3,(H,29,30);;;;;;/t2*16-,17-;;;;;;/m11....../s1. The molecule has 0 spiro atoms. The van der Waals surface area contributed by atoms with Gasteiger partial charge in [0.15, 0.2) is 0 Å². The van der Waals surface area contributed by atoms with Crippen molar-refractivity contribution in [3.05, 3.63) is 94.8 Å². The Hall–Kier alpha value is -3.75. The van der Waals surface area contributed by atoms with Gasteiger partial charge >= 0.3 is 72.7 Å². The van der Waals surface area contributed by atoms with Crippen LogP contribution in [-0.2, 0) is 29.6 Å². The number of carbonyl (C=O) groups is 2. The summed E-state index contributed by atoms with van der Waals surface area (Å²) in [6.45, 7) is 7.41. The van der Waals surface area contributed by atoms with Gasteiger partial charge < -0.3 is 30.6 Å². The average Bonchev–Trinajstić information content (AvgIpc) is 3.20. The van der Waals surface area contributed by atoms with E-state index in [0.717, 1.165) is 21.1 Å². The molecule has 4 aromatic rings. The summed E-state index contributed by atoms with van der Waals surface area (Å²) in [6.07, 6.45) is 1.72. The number of anilines is 2. The summed E-state index contributed by atoms with van der Waals surface area (Å²) in [5, 5.41) is 57.6. The second kappa shape index (κ2) is 27.6. The van der Waals surface area contributed by atoms with Crippen molar-refractivity contribution in [1.82, 2.24) is 19.9 Å². The molecule has 0 aliphatic carbocycles. The van der Waals surface area contributed by atoms with Crippen molar-refractivity contribution in [2.24, 2.45) is 0 Å². The number of hydrogen-bond acceptors (Lipinski definition) is 14. The molecule has 24 heteroatoms. The second-order valence-corrected chi connectivity index (χ2v) is 20.0. The number of halogens is 2. The van der Waals surface area contributed by atoms with E-state index >= 15 is 0 Å². The van der Waals surface area contributed by atoms with Crippen LogP contribution in [0.15, 0.2) is 60.7 Å². The number of aliphatic hydroxyl groups is 4. The first-order chi connectivity index (χ1) is 30.6. The van der Waals surface area contributed by atoms with E-state index in [-0.39, 0.29) is 97.4 Å². The molecule has 0 bridgehead atoms. The van der Waals surface area contributed by atoms with Gasteiger partial charge in [-0.2, -0.15) is 0 Å². The van der Waals surface area contributed by atoms with Crippen LogP contribution < -0.4 is 8.61 Å². The summed E-state index contributed by atoms with van der Waals surface area (Å²) >= 11 is 0. The van der Waals surface area contributed by atoms with Crippen LogP contribution in [0.5, 0.6) is 0 Å². The Kier molecular flexibility index (Phi) is 25.3. The number of carboxylic acids is 2. The molecule has 0 saturated carbocycles. The molecule has 2 aromatic carbocycles. The number of aliphatic carboxylic acids is 2. The molecule has 18 nitrogen and oxygen atoms in total. The SMILES string of the molecule is CC(C)c1nc(N(C)S(C)(=O)=O)nc(-c2ccc(F)cc2)c1C=C[C@@H](O)C[C@@H](O)CC(=O)O.CC(C)c1nc(N(C)S(C)(=O)=O)nc(-c2ccc(F)cc2)c1C=C[C@@H](O)C[C@@H](O)CC(=O)O.[CaH2].[MgH2]. The van der Waals surface area contributed by atoms with E-state index in [4.69, 9.17) is 10.2 Å². The molecule has 4 atom stereocenters. The van der Waals surface area contributed by atoms with E-state index in [1.54, 1.807) is 0 Å². The first kappa shape index (κ1) is 62.3. The fraction of sp³-hybridized carbons (Fsp3) is 0.409. The van der Waals surface area contributed by atoms with Crippen molar-refractivity contribution in [1.29, 1.82) is 0 Å². The molecule has 4 rings (SSSR count). The van der Waals surface area contributed by atoms with Gasteiger partial charge in [-0.25, -0.2) is 54.2 Å². The predicted molar refractivity (Wildman–Crippen MR) is 262 cm³/mol. The fourth-order valence-electron chi connectivity index (χ4n) is 6.09. The third kappa shape index (κ3) is 19.2. The third-order valence-corrected chi connectivity index (χ3v) is 11.9. The number of benzene rings is 2. The maximum atomic E-state index is 13.5. The van der Waals surface area contributed by atoms with Crippen LogP contribution in [0.4, 0.5) is 20.7 Å². The van der Waals surface area contributed by atoms with Crippen LogP contribution in [0, 0.1) is 11.6 Å². The Labute approximate surface area is 441 Å². The summed E-state index contributed by atoms with van der Waals surface area (Å²) < 4.78 is 77.2. The molecule has 0 aliphatic heterocycles. The molecular weight excluding hydrogens is 971 g/mol. The first-order valence-corrected chi connectivity index (χ1v) is 24.0. The normalized spacial score (nSPS) is 13.5. The van der Waals surface area contributed by atoms with E-state index in [1.807, 2.05) is 27.7 Å². The van der Waals surface area contributed by atoms with E-state index in [0.29, 0.717) is 45.0 Å². The second-order valence-electron chi connectivity index (χ2n) is 16.0. The number of nitrogens with zero attached hydrogens (tertiary/aromatic N) is 6. The van der Waals surface area contributed by atoms with Crippen LogP contribution in [0.3, 0.4) is 0 Å². The van der Waals surface area contributed by atoms with Gasteiger partial charge in [0, 0.05) is 49.2 Å². The van der Waals surface area contributed by atoms with Crippen molar-refractivity contribution in [2.75, 3.05) is 35.2 Å². The minimum absolute atomic E-state index is 0. The van der Waals surface area contributed by atoms with E-state index in [9.17, 15) is 55.6 Å². The Morgan fingerprint density at radius 3 is 1.15 bits per heavy atom. The molecule has 2 heterocycles. The van der Waals surface area contributed by atoms with Crippen LogP contribution in [0.25, 0.3) is 34.7 Å². The molecule has 0 amide bonds. The molecule has 0 radical (unpaired) electrons. The van der Waals surface area contributed by atoms with Gasteiger partial charge in [-0.15, -0.1) is 0 Å². The number of sulfonamides is 2. The van der Waals surface area contributed by atoms with Gasteiger partial charge in [-0.05, 0) is 60.4 Å². The summed E-state index contributed by atoms with van der Waals surface area (Å²) in [5.74, 6) is -3.74. The Morgan fingerprint density at radius 1 is 0.603 bits per heavy atom. The Morgan fingerprint density at radius 2 is 0.897 bits per heavy atom. The average molecular weight is 1030 g/mol. The van der Waals surface area contributed by atoms with Gasteiger partial charge in [0.05, 0.1) is 72.5 Å². The first-order valence-electron chi connectivity index (χ1n) is 20.3. The van der Waals surface area contributed by atoms with E-state index in [1.165, 1.54) is 86.9 Å². The van der Waals surface area contributed by atoms with Gasteiger partial charge in [0.1, 0.15) is 11.6 Å². The van der Waals surface area contributed by atoms with Crippen LogP contribution in [0.2, 0.25) is 0 Å². The summed E-state index contributed by atoms with van der Waals surface area (Å²) in [6, 6.07) is 11.0. The summed E-state index contributed by atoms with van der Waals surface area (Å²) in [5.41, 5.74) is 3.60. The van der Waals surface area contributed by atoms with Gasteiger partial charge in [0.2, 0.25) is 31.9 Å². The third-order valence-electron chi connectivity index (χ3n) is 9.63. The fourth-order valence-corrected chi connectivity index (χ4v) is 6.85. The van der Waals surface area contributed by atoms with Crippen molar-refractivity contribution >= 4 is 117 Å². The number of aromatic nitrogens is 4. The number of aliphatic hydroxyl groups excluding tert-OH is 4. The molecule has 0 saturated heterocycles. The molecular formula is C44H60CaF2MgN6O12S2. The zero-order valence-electron chi connectivity index (χ0n) is 37.6. The largest absolute Gasteiger partial charge is 0.316 e. The van der Waals surface area contributed by atoms with Crippen molar-refractivity contribution in [3.8, 4) is 22.5 Å². The smallest absolute Gasteiger partial charge is 0.316 e. The number of rotatable bonds is 20. The molecule has 2 aromatic heterocycles. The molecule has 0 fully saturated rings. The van der Waals surface area contributed by atoms with Gasteiger partial charge in [-0.3, -0.25) is 9.59 Å². The Bertz CT molecular complexity index is 2430. The Balaban J connectivity index is 0.000000661. The van der Waals surface area contributed by atoms with Crippen molar-refractivity contribution in [3.63, 3.8) is 0 Å². The maximum Gasteiger partial charge on any atom is 0.316 e. The number of carboxylic acid groups (broad SMARTS) is 2. The van der Waals surface area contributed by atoms with Crippen molar-refractivity contribution in [2.45, 2.75) is 89.6 Å². The summed E-state index contributed by atoms with van der Waals surface area (Å²) in [4.78, 5) is 39.1. The van der Waals surface area contributed by atoms with Crippen LogP contribution in [-0.4, -0.2) is 191 Å². The molecule has 68 heavy (non-hydrogen) atoms. The monoisotopic (exact) mass is 1030 g/mol. The maximum absolute atomic E-state index is 13.5. The minimum Gasteiger partial charge on any atom is 0.316 e. The zero-order valence-corrected chi connectivity index (χ0v) is 39.2. The van der Waals surface area contributed by atoms with E-state index < -0.39 is 80.9 Å². The molecule has 6 N–H and O–H groups in total. The summed E-state index contributed by atoms with van der Waals surface area (Å²) in [7, 11) is -4.65. The predicted octanol–water partition coefficient (Wildman–Crippen LogP) is 2.97. The van der Waals surface area contributed by atoms with Crippen LogP contribution >= 0.6 is 0 Å². The van der Waals surface area contributed by atoms with Gasteiger partial charge in [-0.1, -0.05) is 52.0 Å². The molecule has 368 valence electrons. The number of hydrogen-bond donors (Lipinski definition) is 6. The van der Waals surface area contributed by atoms with Crippen LogP contribution in [0.1, 0.15) is 87.7 Å². The topological polar surface area (TPSA) is 282 Å².